The molecule has 0 bridgehead atoms. The van der Waals surface area contributed by atoms with Gasteiger partial charge in [-0.25, -0.2) is 9.59 Å². The Morgan fingerprint density at radius 2 is 1.76 bits per heavy atom. The Balaban J connectivity index is 4.37. The third kappa shape index (κ3) is 4.24. The van der Waals surface area contributed by atoms with Crippen molar-refractivity contribution in [1.82, 2.24) is 10.2 Å². The van der Waals surface area contributed by atoms with Gasteiger partial charge in [-0.2, -0.15) is 0 Å². The van der Waals surface area contributed by atoms with Gasteiger partial charge in [0.1, 0.15) is 5.54 Å². The Kier molecular flexibility index (Phi) is 5.99. The second-order valence-corrected chi connectivity index (χ2v) is 4.79. The lowest BCUT2D eigenvalue weighted by Gasteiger charge is -2.32. The maximum Gasteiger partial charge on any atom is 0.329 e. The SMILES string of the molecule is CCC(CC)CNC(=O)N(C)C(C)(C)C(=O)O. The number of nitrogens with zero attached hydrogens (tertiary/aromatic N) is 1. The molecule has 2 N–H and O–H groups in total. The van der Waals surface area contributed by atoms with E-state index >= 15 is 0 Å². The van der Waals surface area contributed by atoms with E-state index in [0.29, 0.717) is 12.5 Å². The zero-order chi connectivity index (χ0) is 13.6. The van der Waals surface area contributed by atoms with Gasteiger partial charge >= 0.3 is 12.0 Å². The van der Waals surface area contributed by atoms with Crippen molar-refractivity contribution < 1.29 is 14.7 Å². The van der Waals surface area contributed by atoms with Crippen molar-refractivity contribution in [2.45, 2.75) is 46.1 Å². The molecule has 0 atom stereocenters. The van der Waals surface area contributed by atoms with Crippen molar-refractivity contribution >= 4 is 12.0 Å². The van der Waals surface area contributed by atoms with Gasteiger partial charge in [0.25, 0.3) is 0 Å². The molecule has 5 heteroatoms. The number of hydrogen-bond acceptors (Lipinski definition) is 2. The fourth-order valence-electron chi connectivity index (χ4n) is 1.32. The van der Waals surface area contributed by atoms with E-state index in [0.717, 1.165) is 12.8 Å². The van der Waals surface area contributed by atoms with Crippen LogP contribution in [0.2, 0.25) is 0 Å². The van der Waals surface area contributed by atoms with Crippen molar-refractivity contribution in [3.63, 3.8) is 0 Å². The van der Waals surface area contributed by atoms with E-state index in [-0.39, 0.29) is 6.03 Å². The number of nitrogens with one attached hydrogen (secondary N) is 1. The summed E-state index contributed by atoms with van der Waals surface area (Å²) < 4.78 is 0. The van der Waals surface area contributed by atoms with Crippen molar-refractivity contribution in [3.05, 3.63) is 0 Å². The lowest BCUT2D eigenvalue weighted by molar-refractivity contribution is -0.146. The fraction of sp³-hybridized carbons (Fsp3) is 0.833. The molecule has 0 unspecified atom stereocenters. The molecule has 0 aliphatic heterocycles. The zero-order valence-electron chi connectivity index (χ0n) is 11.4. The number of aliphatic carboxylic acids is 1. The van der Waals surface area contributed by atoms with Crippen LogP contribution in [0.25, 0.3) is 0 Å². The first kappa shape index (κ1) is 15.7. The van der Waals surface area contributed by atoms with E-state index in [1.54, 1.807) is 0 Å². The van der Waals surface area contributed by atoms with Crippen LogP contribution in [0, 0.1) is 5.92 Å². The van der Waals surface area contributed by atoms with Crippen molar-refractivity contribution in [2.75, 3.05) is 13.6 Å². The Hall–Kier alpha value is -1.26. The van der Waals surface area contributed by atoms with Crippen LogP contribution in [0.1, 0.15) is 40.5 Å². The summed E-state index contributed by atoms with van der Waals surface area (Å²) in [5.41, 5.74) is -1.20. The van der Waals surface area contributed by atoms with Gasteiger partial charge in [-0.05, 0) is 19.8 Å². The van der Waals surface area contributed by atoms with Crippen LogP contribution in [0.5, 0.6) is 0 Å². The smallest absolute Gasteiger partial charge is 0.329 e. The third-order valence-corrected chi connectivity index (χ3v) is 3.36. The molecule has 0 saturated heterocycles. The van der Waals surface area contributed by atoms with Gasteiger partial charge in [0.05, 0.1) is 0 Å². The maximum absolute atomic E-state index is 11.8. The lowest BCUT2D eigenvalue weighted by atomic mass is 10.0. The normalized spacial score (nSPS) is 11.4. The second kappa shape index (κ2) is 6.47. The van der Waals surface area contributed by atoms with E-state index in [1.807, 2.05) is 0 Å². The monoisotopic (exact) mass is 244 g/mol. The quantitative estimate of drug-likeness (QED) is 0.750. The largest absolute Gasteiger partial charge is 0.480 e. The first-order valence-corrected chi connectivity index (χ1v) is 6.02. The second-order valence-electron chi connectivity index (χ2n) is 4.79. The molecule has 100 valence electrons. The molecule has 0 aliphatic carbocycles. The highest BCUT2D eigenvalue weighted by Gasteiger charge is 2.35. The number of carbonyl (C=O) groups excluding carboxylic acids is 1. The summed E-state index contributed by atoms with van der Waals surface area (Å²) in [4.78, 5) is 24.0. The molecular formula is C12H24N2O3. The molecule has 0 rings (SSSR count). The number of hydrogen-bond donors (Lipinski definition) is 2. The lowest BCUT2D eigenvalue weighted by Crippen LogP contribution is -2.54. The molecule has 17 heavy (non-hydrogen) atoms. The van der Waals surface area contributed by atoms with Crippen LogP contribution in [-0.4, -0.2) is 41.1 Å². The molecule has 0 aromatic carbocycles. The Morgan fingerprint density at radius 3 is 2.12 bits per heavy atom. The molecule has 0 aliphatic rings. The summed E-state index contributed by atoms with van der Waals surface area (Å²) in [6, 6.07) is -0.343. The van der Waals surface area contributed by atoms with E-state index in [1.165, 1.54) is 25.8 Å². The number of rotatable bonds is 6. The molecule has 0 radical (unpaired) electrons. The average Bonchev–Trinajstić information content (AvgIpc) is 2.28. The summed E-state index contributed by atoms with van der Waals surface area (Å²) in [7, 11) is 1.50. The number of carbonyl (C=O) groups is 2. The van der Waals surface area contributed by atoms with Crippen LogP contribution in [0.15, 0.2) is 0 Å². The number of carboxylic acid groups (broad SMARTS) is 1. The summed E-state index contributed by atoms with van der Waals surface area (Å²) in [5.74, 6) is -0.571. The zero-order valence-corrected chi connectivity index (χ0v) is 11.4. The van der Waals surface area contributed by atoms with Crippen molar-refractivity contribution in [3.8, 4) is 0 Å². The highest BCUT2D eigenvalue weighted by molar-refractivity contribution is 5.85. The van der Waals surface area contributed by atoms with Crippen molar-refractivity contribution in [2.24, 2.45) is 5.92 Å². The van der Waals surface area contributed by atoms with Gasteiger partial charge in [-0.3, -0.25) is 0 Å². The topological polar surface area (TPSA) is 69.6 Å². The molecular weight excluding hydrogens is 220 g/mol. The number of likely N-dealkylation sites (N-methyl/N-ethyl adjacent to an activating group) is 1. The third-order valence-electron chi connectivity index (χ3n) is 3.36. The Morgan fingerprint density at radius 1 is 1.29 bits per heavy atom. The highest BCUT2D eigenvalue weighted by Crippen LogP contribution is 2.13. The minimum absolute atomic E-state index is 0.343. The minimum Gasteiger partial charge on any atom is -0.480 e. The highest BCUT2D eigenvalue weighted by atomic mass is 16.4. The van der Waals surface area contributed by atoms with Crippen LogP contribution < -0.4 is 5.32 Å². The van der Waals surface area contributed by atoms with E-state index in [9.17, 15) is 9.59 Å². The van der Waals surface area contributed by atoms with Gasteiger partial charge in [0.15, 0.2) is 0 Å². The summed E-state index contributed by atoms with van der Waals surface area (Å²) in [6.07, 6.45) is 2.01. The number of carboxylic acids is 1. The molecule has 0 aromatic heterocycles. The predicted molar refractivity (Wildman–Crippen MR) is 66.9 cm³/mol. The minimum atomic E-state index is -1.20. The van der Waals surface area contributed by atoms with Crippen molar-refractivity contribution in [1.29, 1.82) is 0 Å². The summed E-state index contributed by atoms with van der Waals surface area (Å²) in [6.45, 7) is 7.75. The van der Waals surface area contributed by atoms with Gasteiger partial charge < -0.3 is 15.3 Å². The van der Waals surface area contributed by atoms with Crippen LogP contribution >= 0.6 is 0 Å². The molecule has 0 saturated carbocycles. The molecule has 5 nitrogen and oxygen atoms in total. The standard InChI is InChI=1S/C12H24N2O3/c1-6-9(7-2)8-13-11(17)14(5)12(3,4)10(15)16/h9H,6-8H2,1-5H3,(H,13,17)(H,15,16). The molecule has 0 heterocycles. The van der Waals surface area contributed by atoms with Gasteiger partial charge in [0, 0.05) is 13.6 Å². The average molecular weight is 244 g/mol. The van der Waals surface area contributed by atoms with Crippen LogP contribution in [0.3, 0.4) is 0 Å². The molecule has 2 amide bonds. The van der Waals surface area contributed by atoms with Crippen LogP contribution in [0.4, 0.5) is 4.79 Å². The Bertz CT molecular complexity index is 273. The maximum atomic E-state index is 11.8. The van der Waals surface area contributed by atoms with E-state index in [2.05, 4.69) is 19.2 Å². The summed E-state index contributed by atoms with van der Waals surface area (Å²) >= 11 is 0. The molecule has 0 spiro atoms. The van der Waals surface area contributed by atoms with E-state index < -0.39 is 11.5 Å². The van der Waals surface area contributed by atoms with Gasteiger partial charge in [-0.15, -0.1) is 0 Å². The molecule has 0 fully saturated rings. The molecule has 0 aromatic rings. The first-order chi connectivity index (χ1) is 7.77. The fourth-order valence-corrected chi connectivity index (χ4v) is 1.32. The van der Waals surface area contributed by atoms with E-state index in [4.69, 9.17) is 5.11 Å². The summed E-state index contributed by atoms with van der Waals surface area (Å²) in [5, 5.41) is 11.8. The Labute approximate surface area is 103 Å². The predicted octanol–water partition coefficient (Wildman–Crippen LogP) is 1.93. The number of amides is 2. The van der Waals surface area contributed by atoms with Gasteiger partial charge in [0.2, 0.25) is 0 Å². The number of urea groups is 1. The van der Waals surface area contributed by atoms with Crippen LogP contribution in [-0.2, 0) is 4.79 Å². The van der Waals surface area contributed by atoms with Gasteiger partial charge in [-0.1, -0.05) is 26.7 Å². The first-order valence-electron chi connectivity index (χ1n) is 6.02.